The summed E-state index contributed by atoms with van der Waals surface area (Å²) in [5.41, 5.74) is -2.20. The molecule has 3 rings (SSSR count). The number of hydrogen-bond donors (Lipinski definition) is 3. The number of nitrogens with zero attached hydrogens (tertiary/aromatic N) is 1. The van der Waals surface area contributed by atoms with Crippen LogP contribution in [0.2, 0.25) is 0 Å². The molecule has 10 heteroatoms. The third-order valence-electron chi connectivity index (χ3n) is 10.8. The number of imide groups is 1. The van der Waals surface area contributed by atoms with Gasteiger partial charge in [-0.05, 0) is 60.3 Å². The molecule has 1 aliphatic rings. The molecule has 356 valence electrons. The first kappa shape index (κ1) is 71.2. The summed E-state index contributed by atoms with van der Waals surface area (Å²) in [5, 5.41) is 24.0. The molecule has 0 bridgehead atoms. The van der Waals surface area contributed by atoms with E-state index in [2.05, 4.69) is 5.32 Å². The van der Waals surface area contributed by atoms with Crippen LogP contribution in [-0.4, -0.2) is 45.7 Å². The summed E-state index contributed by atoms with van der Waals surface area (Å²) in [4.78, 5) is 82.1. The van der Waals surface area contributed by atoms with Gasteiger partial charge in [-0.15, -0.1) is 0 Å². The fourth-order valence-corrected chi connectivity index (χ4v) is 7.88. The number of para-hydroxylation sites is 2. The normalized spacial score (nSPS) is 16.0. The maximum absolute atomic E-state index is 14.2. The summed E-state index contributed by atoms with van der Waals surface area (Å²) < 4.78 is 0. The number of carbonyl (C=O) groups excluding carboxylic acids is 4. The molecule has 6 atom stereocenters. The van der Waals surface area contributed by atoms with Crippen LogP contribution in [-0.2, 0) is 28.8 Å². The number of anilines is 2. The Hall–Kier alpha value is -4.34. The van der Waals surface area contributed by atoms with E-state index in [0.717, 1.165) is 0 Å². The number of nitrogens with one attached hydrogen (secondary N) is 1. The highest BCUT2D eigenvalue weighted by molar-refractivity contribution is 6.22. The molecule has 0 aliphatic carbocycles. The summed E-state index contributed by atoms with van der Waals surface area (Å²) in [7, 11) is 0. The Morgan fingerprint density at radius 3 is 1.46 bits per heavy atom. The second-order valence-corrected chi connectivity index (χ2v) is 15.7. The molecule has 0 spiro atoms. The average Bonchev–Trinajstić information content (AvgIpc) is 3.38. The lowest BCUT2D eigenvalue weighted by molar-refractivity contribution is -0.157. The van der Waals surface area contributed by atoms with Gasteiger partial charge < -0.3 is 15.5 Å². The van der Waals surface area contributed by atoms with E-state index in [0.29, 0.717) is 17.8 Å². The zero-order valence-corrected chi connectivity index (χ0v) is 36.2. The van der Waals surface area contributed by atoms with Crippen molar-refractivity contribution in [3.05, 3.63) is 60.7 Å². The van der Waals surface area contributed by atoms with E-state index in [4.69, 9.17) is 0 Å². The van der Waals surface area contributed by atoms with Crippen LogP contribution in [0.25, 0.3) is 0 Å². The molecule has 10 nitrogen and oxygen atoms in total. The number of carbonyl (C=O) groups is 6. The summed E-state index contributed by atoms with van der Waals surface area (Å²) >= 11 is 0. The molecule has 1 heterocycles. The number of aliphatic carboxylic acids is 2. The smallest absolute Gasteiger partial charge is 0.307 e. The van der Waals surface area contributed by atoms with Gasteiger partial charge in [0.05, 0.1) is 35.3 Å². The minimum absolute atomic E-state index is 0. The third kappa shape index (κ3) is 17.9. The van der Waals surface area contributed by atoms with Crippen LogP contribution in [0.3, 0.4) is 0 Å². The number of rotatable bonds is 16. The van der Waals surface area contributed by atoms with Gasteiger partial charge in [0, 0.05) is 11.6 Å². The number of ketones is 1. The standard InChI is InChI=1S/C39H52N2O8.3C2H6.6CH4/c1-10-37(4,5)30-28(33(44)41(34(30)45)26-19-15-12-16-20-26)22-39(8,9)31(36(48)49)27(32(43)40-25-17-13-11-14-18-25)21-38(6,7)29(35(46)47)23(2)24(3)42;3*1-2;;;;;;/h11-20,23,27-31H,10,21-22H2,1-9H3,(H,40,43)(H,46,47)(H,48,49);3*1-2H3;6*1H4. The second kappa shape index (κ2) is 31.5. The van der Waals surface area contributed by atoms with Gasteiger partial charge in [0.1, 0.15) is 5.78 Å². The SMILES string of the molecule is C.C.C.C.C.C.CC.CC.CC.CCC(C)(C)C1C(=O)N(c2ccccc2)C(=O)C1CC(C)(C)C(C(=O)O)C(CC(C)(C)C(C(=O)O)C(C)C(C)=O)C(=O)Nc1ccccc1. The first-order valence-corrected chi connectivity index (χ1v) is 19.9. The highest BCUT2D eigenvalue weighted by atomic mass is 16.4. The minimum atomic E-state index is -1.41. The molecule has 61 heavy (non-hydrogen) atoms. The fourth-order valence-electron chi connectivity index (χ4n) is 7.88. The van der Waals surface area contributed by atoms with E-state index < -0.39 is 75.5 Å². The first-order valence-electron chi connectivity index (χ1n) is 19.9. The van der Waals surface area contributed by atoms with Crippen molar-refractivity contribution in [2.24, 2.45) is 51.8 Å². The molecule has 0 aromatic heterocycles. The first-order chi connectivity index (χ1) is 25.7. The molecule has 1 fully saturated rings. The zero-order valence-electron chi connectivity index (χ0n) is 36.2. The summed E-state index contributed by atoms with van der Waals surface area (Å²) in [6.45, 7) is 27.3. The molecule has 6 unspecified atom stereocenters. The number of carboxylic acids is 2. The maximum atomic E-state index is 14.2. The average molecular weight is 863 g/mol. The Morgan fingerprint density at radius 2 is 1.08 bits per heavy atom. The molecule has 1 aliphatic heterocycles. The summed E-state index contributed by atoms with van der Waals surface area (Å²) in [6.07, 6.45) is 0.381. The van der Waals surface area contributed by atoms with Crippen molar-refractivity contribution >= 4 is 46.8 Å². The van der Waals surface area contributed by atoms with Gasteiger partial charge in [-0.25, -0.2) is 0 Å². The van der Waals surface area contributed by atoms with Crippen molar-refractivity contribution in [3.63, 3.8) is 0 Å². The molecule has 2 aromatic carbocycles. The molecule has 1 saturated heterocycles. The molecule has 0 radical (unpaired) electrons. The van der Waals surface area contributed by atoms with Crippen molar-refractivity contribution in [1.82, 2.24) is 0 Å². The van der Waals surface area contributed by atoms with Crippen LogP contribution in [0.5, 0.6) is 0 Å². The Labute approximate surface area is 375 Å². The second-order valence-electron chi connectivity index (χ2n) is 15.7. The maximum Gasteiger partial charge on any atom is 0.307 e. The third-order valence-corrected chi connectivity index (χ3v) is 10.8. The minimum Gasteiger partial charge on any atom is -0.481 e. The topological polar surface area (TPSA) is 158 Å². The van der Waals surface area contributed by atoms with Crippen LogP contribution in [0, 0.1) is 51.8 Å². The molecular weight excluding hydrogens is 769 g/mol. The fraction of sp³-hybridized carbons (Fsp3) is 0.647. The van der Waals surface area contributed by atoms with E-state index in [1.54, 1.807) is 88.4 Å². The molecular formula is C51H94N2O8. The number of hydrogen-bond acceptors (Lipinski definition) is 6. The van der Waals surface area contributed by atoms with E-state index in [-0.39, 0.29) is 69.1 Å². The van der Waals surface area contributed by atoms with Crippen LogP contribution in [0.1, 0.15) is 168 Å². The van der Waals surface area contributed by atoms with Gasteiger partial charge in [-0.1, -0.05) is 184 Å². The van der Waals surface area contributed by atoms with Crippen molar-refractivity contribution < 1.29 is 39.0 Å². The van der Waals surface area contributed by atoms with Crippen molar-refractivity contribution in [2.45, 2.75) is 168 Å². The lowest BCUT2D eigenvalue weighted by Gasteiger charge is -2.43. The number of carboxylic acid groups (broad SMARTS) is 2. The van der Waals surface area contributed by atoms with Gasteiger partial charge in [0.2, 0.25) is 17.7 Å². The van der Waals surface area contributed by atoms with Crippen molar-refractivity contribution in [1.29, 1.82) is 0 Å². The van der Waals surface area contributed by atoms with Crippen molar-refractivity contribution in [3.8, 4) is 0 Å². The van der Waals surface area contributed by atoms with Gasteiger partial charge in [0.15, 0.2) is 0 Å². The molecule has 2 aromatic rings. The van der Waals surface area contributed by atoms with E-state index in [9.17, 15) is 39.0 Å². The number of amides is 3. The summed E-state index contributed by atoms with van der Waals surface area (Å²) in [6, 6.07) is 17.2. The predicted octanol–water partition coefficient (Wildman–Crippen LogP) is 13.8. The van der Waals surface area contributed by atoms with E-state index in [1.165, 1.54) is 18.7 Å². The highest BCUT2D eigenvalue weighted by Gasteiger charge is 2.57. The Kier molecular flexibility index (Phi) is 36.8. The largest absolute Gasteiger partial charge is 0.481 e. The predicted molar refractivity (Wildman–Crippen MR) is 262 cm³/mol. The van der Waals surface area contributed by atoms with Crippen LogP contribution in [0.15, 0.2) is 60.7 Å². The van der Waals surface area contributed by atoms with Crippen molar-refractivity contribution in [2.75, 3.05) is 10.2 Å². The van der Waals surface area contributed by atoms with E-state index >= 15 is 0 Å². The Bertz CT molecular complexity index is 1550. The monoisotopic (exact) mass is 863 g/mol. The Morgan fingerprint density at radius 1 is 0.672 bits per heavy atom. The number of benzene rings is 2. The zero-order chi connectivity index (χ0) is 43.1. The lowest BCUT2D eigenvalue weighted by Crippen LogP contribution is -2.48. The van der Waals surface area contributed by atoms with E-state index in [1.807, 2.05) is 62.3 Å². The molecule has 3 N–H and O–H groups in total. The van der Waals surface area contributed by atoms with Gasteiger partial charge >= 0.3 is 11.9 Å². The quantitative estimate of drug-likeness (QED) is 0.141. The van der Waals surface area contributed by atoms with Gasteiger partial charge in [-0.2, -0.15) is 0 Å². The molecule has 3 amide bonds. The van der Waals surface area contributed by atoms with Gasteiger partial charge in [0.25, 0.3) is 0 Å². The molecule has 0 saturated carbocycles. The van der Waals surface area contributed by atoms with Crippen LogP contribution >= 0.6 is 0 Å². The summed E-state index contributed by atoms with van der Waals surface area (Å²) in [5.74, 6) is -10.7. The van der Waals surface area contributed by atoms with Crippen LogP contribution in [0.4, 0.5) is 11.4 Å². The lowest BCUT2D eigenvalue weighted by atomic mass is 9.59. The van der Waals surface area contributed by atoms with Crippen LogP contribution < -0.4 is 10.2 Å². The number of Topliss-reactive ketones (excluding diaryl/α,β-unsaturated/α-hetero) is 1. The highest BCUT2D eigenvalue weighted by Crippen LogP contribution is 2.51. The Balaban J connectivity index is -0.000000464. The van der Waals surface area contributed by atoms with Gasteiger partial charge in [-0.3, -0.25) is 33.7 Å².